The van der Waals surface area contributed by atoms with Gasteiger partial charge in [-0.3, -0.25) is 4.79 Å². The molecule has 0 aliphatic heterocycles. The van der Waals surface area contributed by atoms with Gasteiger partial charge < -0.3 is 15.2 Å². The summed E-state index contributed by atoms with van der Waals surface area (Å²) in [6, 6.07) is 9.35. The summed E-state index contributed by atoms with van der Waals surface area (Å²) in [5.41, 5.74) is 0.948. The first kappa shape index (κ1) is 11.4. The van der Waals surface area contributed by atoms with Crippen molar-refractivity contribution in [3.63, 3.8) is 0 Å². The molecule has 0 saturated heterocycles. The Hall–Kier alpha value is -1.68. The maximum Gasteiger partial charge on any atom is 0.249 e. The van der Waals surface area contributed by atoms with Crippen LogP contribution in [0.15, 0.2) is 30.3 Å². The number of carbonyl (C=O) groups excluding carboxylic acids is 2. The number of benzene rings is 1. The van der Waals surface area contributed by atoms with Crippen LogP contribution in [0.2, 0.25) is 0 Å². The van der Waals surface area contributed by atoms with E-state index in [-0.39, 0.29) is 6.42 Å². The molecule has 0 saturated carbocycles. The highest BCUT2D eigenvalue weighted by molar-refractivity contribution is 5.82. The lowest BCUT2D eigenvalue weighted by molar-refractivity contribution is -0.131. The third-order valence-electron chi connectivity index (χ3n) is 1.93. The average molecular weight is 207 g/mol. The molecule has 0 fully saturated rings. The molecule has 0 bridgehead atoms. The highest BCUT2D eigenvalue weighted by Crippen LogP contribution is 1.98. The van der Waals surface area contributed by atoms with E-state index in [4.69, 9.17) is 5.11 Å². The summed E-state index contributed by atoms with van der Waals surface area (Å²) in [6.45, 7) is 0.357. The van der Waals surface area contributed by atoms with Crippen molar-refractivity contribution in [1.29, 1.82) is 0 Å². The number of rotatable bonds is 5. The Morgan fingerprint density at radius 1 is 1.40 bits per heavy atom. The first-order valence-corrected chi connectivity index (χ1v) is 4.67. The lowest BCUT2D eigenvalue weighted by Crippen LogP contribution is -2.34. The molecule has 1 unspecified atom stereocenters. The quantitative estimate of drug-likeness (QED) is 0.680. The summed E-state index contributed by atoms with van der Waals surface area (Å²) in [6.07, 6.45) is -0.890. The average Bonchev–Trinajstić information content (AvgIpc) is 2.27. The lowest BCUT2D eigenvalue weighted by atomic mass is 10.2. The molecule has 4 heteroatoms. The molecular formula is C11H13NO3. The minimum Gasteiger partial charge on any atom is -0.383 e. The van der Waals surface area contributed by atoms with E-state index in [0.717, 1.165) is 5.56 Å². The standard InChI is InChI=1S/C11H13NO3/c13-7-6-10(14)11(15)12-8-9-4-2-1-3-5-9/h1-5,7,10,14H,6,8H2,(H,12,15). The fourth-order valence-corrected chi connectivity index (χ4v) is 1.10. The maximum atomic E-state index is 11.2. The molecule has 15 heavy (non-hydrogen) atoms. The molecule has 2 N–H and O–H groups in total. The zero-order valence-corrected chi connectivity index (χ0v) is 8.22. The van der Waals surface area contributed by atoms with Gasteiger partial charge >= 0.3 is 0 Å². The van der Waals surface area contributed by atoms with Gasteiger partial charge in [-0.05, 0) is 5.56 Å². The number of hydrogen-bond donors (Lipinski definition) is 2. The second-order valence-electron chi connectivity index (χ2n) is 3.12. The second-order valence-corrected chi connectivity index (χ2v) is 3.12. The molecule has 0 spiro atoms. The number of amides is 1. The fourth-order valence-electron chi connectivity index (χ4n) is 1.10. The maximum absolute atomic E-state index is 11.2. The largest absolute Gasteiger partial charge is 0.383 e. The van der Waals surface area contributed by atoms with Crippen LogP contribution in [0, 0.1) is 0 Å². The second kappa shape index (κ2) is 5.93. The highest BCUT2D eigenvalue weighted by atomic mass is 16.3. The topological polar surface area (TPSA) is 66.4 Å². The molecule has 1 rings (SSSR count). The normalized spacial score (nSPS) is 11.8. The summed E-state index contributed by atoms with van der Waals surface area (Å²) in [5.74, 6) is -0.522. The van der Waals surface area contributed by atoms with Gasteiger partial charge in [0.05, 0.1) is 0 Å². The Balaban J connectivity index is 2.37. The van der Waals surface area contributed by atoms with Gasteiger partial charge in [0.2, 0.25) is 5.91 Å². The van der Waals surface area contributed by atoms with E-state index < -0.39 is 12.0 Å². The number of nitrogens with one attached hydrogen (secondary N) is 1. The van der Waals surface area contributed by atoms with Gasteiger partial charge in [-0.25, -0.2) is 0 Å². The van der Waals surface area contributed by atoms with Crippen LogP contribution in [0.3, 0.4) is 0 Å². The predicted octanol–water partition coefficient (Wildman–Crippen LogP) is 0.253. The first-order chi connectivity index (χ1) is 7.24. The molecule has 1 aromatic carbocycles. The third kappa shape index (κ3) is 3.91. The SMILES string of the molecule is O=CCC(O)C(=O)NCc1ccccc1. The van der Waals surface area contributed by atoms with E-state index in [9.17, 15) is 9.59 Å². The van der Waals surface area contributed by atoms with Crippen molar-refractivity contribution >= 4 is 12.2 Å². The fraction of sp³-hybridized carbons (Fsp3) is 0.273. The van der Waals surface area contributed by atoms with Crippen molar-refractivity contribution in [1.82, 2.24) is 5.32 Å². The van der Waals surface area contributed by atoms with Crippen LogP contribution in [0.5, 0.6) is 0 Å². The highest BCUT2D eigenvalue weighted by Gasteiger charge is 2.12. The zero-order valence-electron chi connectivity index (χ0n) is 8.22. The van der Waals surface area contributed by atoms with E-state index in [1.54, 1.807) is 0 Å². The Morgan fingerprint density at radius 2 is 2.07 bits per heavy atom. The molecule has 1 aromatic rings. The molecule has 0 aliphatic carbocycles. The van der Waals surface area contributed by atoms with Gasteiger partial charge in [-0.15, -0.1) is 0 Å². The van der Waals surface area contributed by atoms with E-state index in [0.29, 0.717) is 12.8 Å². The van der Waals surface area contributed by atoms with Crippen LogP contribution in [-0.4, -0.2) is 23.4 Å². The monoisotopic (exact) mass is 207 g/mol. The molecule has 4 nitrogen and oxygen atoms in total. The van der Waals surface area contributed by atoms with Gasteiger partial charge in [0, 0.05) is 13.0 Å². The summed E-state index contributed by atoms with van der Waals surface area (Å²) < 4.78 is 0. The summed E-state index contributed by atoms with van der Waals surface area (Å²) in [7, 11) is 0. The molecule has 1 amide bonds. The smallest absolute Gasteiger partial charge is 0.249 e. The Kier molecular flexibility index (Phi) is 4.50. The van der Waals surface area contributed by atoms with Crippen LogP contribution in [-0.2, 0) is 16.1 Å². The molecule has 0 aliphatic rings. The van der Waals surface area contributed by atoms with E-state index >= 15 is 0 Å². The lowest BCUT2D eigenvalue weighted by Gasteiger charge is -2.08. The van der Waals surface area contributed by atoms with Crippen LogP contribution < -0.4 is 5.32 Å². The molecule has 1 atom stereocenters. The number of hydrogen-bond acceptors (Lipinski definition) is 3. The van der Waals surface area contributed by atoms with Gasteiger partial charge in [-0.2, -0.15) is 0 Å². The molecule has 0 radical (unpaired) electrons. The van der Waals surface area contributed by atoms with E-state index in [1.165, 1.54) is 0 Å². The van der Waals surface area contributed by atoms with E-state index in [2.05, 4.69) is 5.32 Å². The van der Waals surface area contributed by atoms with Crippen molar-refractivity contribution in [2.75, 3.05) is 0 Å². The number of carbonyl (C=O) groups is 2. The van der Waals surface area contributed by atoms with Crippen molar-refractivity contribution in [3.8, 4) is 0 Å². The third-order valence-corrected chi connectivity index (χ3v) is 1.93. The Bertz CT molecular complexity index is 324. The zero-order chi connectivity index (χ0) is 11.1. The molecule has 0 heterocycles. The van der Waals surface area contributed by atoms with Crippen molar-refractivity contribution < 1.29 is 14.7 Å². The Labute approximate surface area is 87.9 Å². The minimum absolute atomic E-state index is 0.166. The van der Waals surface area contributed by atoms with Gasteiger partial charge in [0.25, 0.3) is 0 Å². The van der Waals surface area contributed by atoms with Gasteiger partial charge in [0.15, 0.2) is 0 Å². The summed E-state index contributed by atoms with van der Waals surface area (Å²) in [5, 5.41) is 11.7. The van der Waals surface area contributed by atoms with Crippen LogP contribution in [0.1, 0.15) is 12.0 Å². The molecular weight excluding hydrogens is 194 g/mol. The van der Waals surface area contributed by atoms with Crippen molar-refractivity contribution in [2.24, 2.45) is 0 Å². The molecule has 0 aromatic heterocycles. The van der Waals surface area contributed by atoms with Crippen LogP contribution in [0.25, 0.3) is 0 Å². The number of aliphatic hydroxyl groups excluding tert-OH is 1. The van der Waals surface area contributed by atoms with Crippen molar-refractivity contribution in [2.45, 2.75) is 19.1 Å². The van der Waals surface area contributed by atoms with Crippen molar-refractivity contribution in [3.05, 3.63) is 35.9 Å². The summed E-state index contributed by atoms with van der Waals surface area (Å²) in [4.78, 5) is 21.2. The Morgan fingerprint density at radius 3 is 2.67 bits per heavy atom. The van der Waals surface area contributed by atoms with Gasteiger partial charge in [0.1, 0.15) is 12.4 Å². The minimum atomic E-state index is -1.24. The predicted molar refractivity (Wildman–Crippen MR) is 55.0 cm³/mol. The van der Waals surface area contributed by atoms with E-state index in [1.807, 2.05) is 30.3 Å². The first-order valence-electron chi connectivity index (χ1n) is 4.67. The van der Waals surface area contributed by atoms with Crippen LogP contribution in [0.4, 0.5) is 0 Å². The number of aldehydes is 1. The van der Waals surface area contributed by atoms with Crippen LogP contribution >= 0.6 is 0 Å². The summed E-state index contributed by atoms with van der Waals surface area (Å²) >= 11 is 0. The number of aliphatic hydroxyl groups is 1. The molecule has 80 valence electrons. The van der Waals surface area contributed by atoms with Gasteiger partial charge in [-0.1, -0.05) is 30.3 Å².